The smallest absolute Gasteiger partial charge is 0.150 e. The Morgan fingerprint density at radius 3 is 2.94 bits per heavy atom. The van der Waals surface area contributed by atoms with E-state index in [-0.39, 0.29) is 5.56 Å². The molecule has 4 nitrogen and oxygen atoms in total. The number of carbonyl (C=O) groups excluding carboxylic acids is 1. The van der Waals surface area contributed by atoms with Crippen LogP contribution in [-0.4, -0.2) is 22.7 Å². The highest BCUT2D eigenvalue weighted by Crippen LogP contribution is 2.15. The van der Waals surface area contributed by atoms with Gasteiger partial charge >= 0.3 is 0 Å². The van der Waals surface area contributed by atoms with E-state index in [1.54, 1.807) is 10.9 Å². The van der Waals surface area contributed by atoms with Crippen LogP contribution in [0.1, 0.15) is 16.1 Å². The van der Waals surface area contributed by atoms with Gasteiger partial charge in [0.1, 0.15) is 17.9 Å². The Hall–Kier alpha value is -2.17. The molecule has 2 aromatic rings. The van der Waals surface area contributed by atoms with Crippen LogP contribution in [0, 0.1) is 5.82 Å². The molecule has 0 saturated heterocycles. The van der Waals surface area contributed by atoms with Gasteiger partial charge in [0.05, 0.1) is 6.61 Å². The molecule has 1 aromatic heterocycles. The van der Waals surface area contributed by atoms with Crippen LogP contribution in [0.15, 0.2) is 30.5 Å². The van der Waals surface area contributed by atoms with Crippen molar-refractivity contribution >= 4 is 6.29 Å². The Morgan fingerprint density at radius 2 is 2.28 bits per heavy atom. The molecule has 0 radical (unpaired) electrons. The number of aldehydes is 1. The van der Waals surface area contributed by atoms with E-state index < -0.39 is 5.82 Å². The summed E-state index contributed by atoms with van der Waals surface area (Å²) in [4.78, 5) is 10.6. The van der Waals surface area contributed by atoms with Crippen LogP contribution in [0.25, 0.3) is 0 Å². The molecule has 0 unspecified atom stereocenters. The third kappa shape index (κ3) is 2.94. The molecule has 5 heteroatoms. The van der Waals surface area contributed by atoms with Crippen molar-refractivity contribution in [1.29, 1.82) is 0 Å². The SMILES string of the molecule is Cn1nccc1CCOc1cc(F)cc(C=O)c1. The lowest BCUT2D eigenvalue weighted by Gasteiger charge is -2.07. The maximum absolute atomic E-state index is 13.1. The summed E-state index contributed by atoms with van der Waals surface area (Å²) in [5, 5.41) is 4.04. The van der Waals surface area contributed by atoms with Crippen molar-refractivity contribution in [1.82, 2.24) is 9.78 Å². The number of rotatable bonds is 5. The van der Waals surface area contributed by atoms with E-state index >= 15 is 0 Å². The van der Waals surface area contributed by atoms with Crippen molar-refractivity contribution in [3.63, 3.8) is 0 Å². The van der Waals surface area contributed by atoms with Gasteiger partial charge in [-0.15, -0.1) is 0 Å². The van der Waals surface area contributed by atoms with E-state index in [4.69, 9.17) is 4.74 Å². The normalized spacial score (nSPS) is 10.3. The lowest BCUT2D eigenvalue weighted by Crippen LogP contribution is -2.06. The van der Waals surface area contributed by atoms with E-state index in [1.165, 1.54) is 18.2 Å². The van der Waals surface area contributed by atoms with Crippen LogP contribution in [0.3, 0.4) is 0 Å². The minimum atomic E-state index is -0.477. The highest BCUT2D eigenvalue weighted by molar-refractivity contribution is 5.75. The molecule has 0 bridgehead atoms. The average molecular weight is 248 g/mol. The van der Waals surface area contributed by atoms with Gasteiger partial charge in [-0.05, 0) is 18.2 Å². The number of aromatic nitrogens is 2. The third-order valence-electron chi connectivity index (χ3n) is 2.58. The fourth-order valence-corrected chi connectivity index (χ4v) is 1.66. The van der Waals surface area contributed by atoms with Crippen molar-refractivity contribution in [2.45, 2.75) is 6.42 Å². The lowest BCUT2D eigenvalue weighted by atomic mass is 10.2. The fraction of sp³-hybridized carbons (Fsp3) is 0.231. The van der Waals surface area contributed by atoms with Crippen LogP contribution < -0.4 is 4.74 Å². The molecule has 0 aliphatic carbocycles. The van der Waals surface area contributed by atoms with Gasteiger partial charge in [0, 0.05) is 37.0 Å². The molecule has 0 amide bonds. The first-order chi connectivity index (χ1) is 8.69. The van der Waals surface area contributed by atoms with E-state index in [0.29, 0.717) is 25.1 Å². The first-order valence-electron chi connectivity index (χ1n) is 5.54. The van der Waals surface area contributed by atoms with Crippen molar-refractivity contribution in [2.24, 2.45) is 7.05 Å². The molecule has 0 aliphatic heterocycles. The predicted molar refractivity (Wildman–Crippen MR) is 64.2 cm³/mol. The molecule has 0 atom stereocenters. The van der Waals surface area contributed by atoms with Crippen molar-refractivity contribution < 1.29 is 13.9 Å². The summed E-state index contributed by atoms with van der Waals surface area (Å²) in [6.45, 7) is 0.404. The van der Waals surface area contributed by atoms with Crippen LogP contribution in [0.2, 0.25) is 0 Å². The highest BCUT2D eigenvalue weighted by atomic mass is 19.1. The molecule has 0 fully saturated rings. The predicted octanol–water partition coefficient (Wildman–Crippen LogP) is 1.99. The van der Waals surface area contributed by atoms with Gasteiger partial charge in [-0.3, -0.25) is 9.48 Å². The number of hydrogen-bond acceptors (Lipinski definition) is 3. The van der Waals surface area contributed by atoms with Gasteiger partial charge in [0.15, 0.2) is 0 Å². The monoisotopic (exact) mass is 248 g/mol. The van der Waals surface area contributed by atoms with Crippen molar-refractivity contribution in [3.8, 4) is 5.75 Å². The second-order valence-corrected chi connectivity index (χ2v) is 3.88. The van der Waals surface area contributed by atoms with Gasteiger partial charge in [0.2, 0.25) is 0 Å². The van der Waals surface area contributed by atoms with Crippen LogP contribution in [0.5, 0.6) is 5.75 Å². The Kier molecular flexibility index (Phi) is 3.72. The Morgan fingerprint density at radius 1 is 1.44 bits per heavy atom. The third-order valence-corrected chi connectivity index (χ3v) is 2.58. The molecular formula is C13H13FN2O2. The highest BCUT2D eigenvalue weighted by Gasteiger charge is 2.03. The summed E-state index contributed by atoms with van der Waals surface area (Å²) in [5.41, 5.74) is 1.30. The van der Waals surface area contributed by atoms with E-state index in [9.17, 15) is 9.18 Å². The number of aryl methyl sites for hydroxylation is 1. The number of ether oxygens (including phenoxy) is 1. The molecule has 1 heterocycles. The number of halogens is 1. The molecule has 94 valence electrons. The Bertz CT molecular complexity index is 552. The van der Waals surface area contributed by atoms with Crippen LogP contribution in [0.4, 0.5) is 4.39 Å². The van der Waals surface area contributed by atoms with Crippen molar-refractivity contribution in [2.75, 3.05) is 6.61 Å². The average Bonchev–Trinajstić information content (AvgIpc) is 2.74. The number of carbonyl (C=O) groups is 1. The quantitative estimate of drug-likeness (QED) is 0.760. The van der Waals surface area contributed by atoms with E-state index in [0.717, 1.165) is 5.69 Å². The fourth-order valence-electron chi connectivity index (χ4n) is 1.66. The van der Waals surface area contributed by atoms with Gasteiger partial charge in [0.25, 0.3) is 0 Å². The van der Waals surface area contributed by atoms with Gasteiger partial charge in [-0.1, -0.05) is 0 Å². The maximum atomic E-state index is 13.1. The molecule has 0 N–H and O–H groups in total. The topological polar surface area (TPSA) is 44.1 Å². The van der Waals surface area contributed by atoms with E-state index in [2.05, 4.69) is 5.10 Å². The summed E-state index contributed by atoms with van der Waals surface area (Å²) in [7, 11) is 1.85. The largest absolute Gasteiger partial charge is 0.493 e. The number of nitrogens with zero attached hydrogens (tertiary/aromatic N) is 2. The lowest BCUT2D eigenvalue weighted by molar-refractivity contribution is 0.112. The zero-order valence-corrected chi connectivity index (χ0v) is 9.97. The number of hydrogen-bond donors (Lipinski definition) is 0. The minimum Gasteiger partial charge on any atom is -0.493 e. The molecule has 18 heavy (non-hydrogen) atoms. The molecule has 2 rings (SSSR count). The molecule has 0 aliphatic rings. The Balaban J connectivity index is 1.96. The van der Waals surface area contributed by atoms with Gasteiger partial charge in [-0.2, -0.15) is 5.10 Å². The zero-order chi connectivity index (χ0) is 13.0. The first-order valence-corrected chi connectivity index (χ1v) is 5.54. The molecule has 0 saturated carbocycles. The molecule has 1 aromatic carbocycles. The molecular weight excluding hydrogens is 235 g/mol. The summed E-state index contributed by atoms with van der Waals surface area (Å²) in [6.07, 6.45) is 2.97. The minimum absolute atomic E-state index is 0.269. The zero-order valence-electron chi connectivity index (χ0n) is 9.97. The van der Waals surface area contributed by atoms with Crippen LogP contribution in [-0.2, 0) is 13.5 Å². The summed E-state index contributed by atoms with van der Waals surface area (Å²) in [5.74, 6) is -0.116. The second-order valence-electron chi connectivity index (χ2n) is 3.88. The second kappa shape index (κ2) is 5.44. The first kappa shape index (κ1) is 12.3. The number of benzene rings is 1. The van der Waals surface area contributed by atoms with E-state index in [1.807, 2.05) is 13.1 Å². The maximum Gasteiger partial charge on any atom is 0.150 e. The standard InChI is InChI=1S/C13H13FN2O2/c1-16-12(2-4-15-16)3-5-18-13-7-10(9-17)6-11(14)8-13/h2,4,6-9H,3,5H2,1H3. The van der Waals surface area contributed by atoms with Crippen molar-refractivity contribution in [3.05, 3.63) is 47.5 Å². The summed E-state index contributed by atoms with van der Waals surface area (Å²) >= 11 is 0. The Labute approximate surface area is 104 Å². The summed E-state index contributed by atoms with van der Waals surface area (Å²) in [6, 6.07) is 5.84. The van der Waals surface area contributed by atoms with Crippen LogP contribution >= 0.6 is 0 Å². The van der Waals surface area contributed by atoms with Gasteiger partial charge in [-0.25, -0.2) is 4.39 Å². The van der Waals surface area contributed by atoms with Gasteiger partial charge < -0.3 is 4.74 Å². The summed E-state index contributed by atoms with van der Waals surface area (Å²) < 4.78 is 20.3. The molecule has 0 spiro atoms.